The van der Waals surface area contributed by atoms with E-state index in [-0.39, 0.29) is 10.7 Å². The monoisotopic (exact) mass is 356 g/mol. The number of rotatable bonds is 1. The number of benzene rings is 2. The molecular formula is C12H6Cl2F4N2O2. The summed E-state index contributed by atoms with van der Waals surface area (Å²) in [6.45, 7) is 0. The van der Waals surface area contributed by atoms with Crippen LogP contribution in [0.1, 0.15) is 0 Å². The highest BCUT2D eigenvalue weighted by Crippen LogP contribution is 2.24. The smallest absolute Gasteiger partial charge is 0.307 e. The van der Waals surface area contributed by atoms with Crippen molar-refractivity contribution in [3.63, 3.8) is 0 Å². The van der Waals surface area contributed by atoms with E-state index in [2.05, 4.69) is 0 Å². The molecule has 2 aromatic rings. The van der Waals surface area contributed by atoms with Gasteiger partial charge in [-0.25, -0.2) is 13.2 Å². The second kappa shape index (κ2) is 7.28. The predicted molar refractivity (Wildman–Crippen MR) is 73.8 cm³/mol. The fourth-order valence-electron chi connectivity index (χ4n) is 1.19. The molecule has 2 aromatic carbocycles. The van der Waals surface area contributed by atoms with Gasteiger partial charge in [0.05, 0.1) is 26.7 Å². The first-order valence-electron chi connectivity index (χ1n) is 5.32. The number of nitro groups is 1. The highest BCUT2D eigenvalue weighted by Gasteiger charge is 2.17. The Hall–Kier alpha value is -2.06. The normalized spacial score (nSPS) is 9.91. The molecule has 0 saturated carbocycles. The molecule has 0 atom stereocenters. The summed E-state index contributed by atoms with van der Waals surface area (Å²) in [5, 5.41) is 9.31. The van der Waals surface area contributed by atoms with Crippen LogP contribution in [0.15, 0.2) is 24.3 Å². The minimum atomic E-state index is -1.15. The number of anilines is 1. The van der Waals surface area contributed by atoms with Crippen LogP contribution in [0.3, 0.4) is 0 Å². The van der Waals surface area contributed by atoms with Crippen molar-refractivity contribution in [1.82, 2.24) is 0 Å². The van der Waals surface area contributed by atoms with Gasteiger partial charge in [-0.05, 0) is 6.07 Å². The van der Waals surface area contributed by atoms with E-state index in [1.807, 2.05) is 0 Å². The standard InChI is InChI=1S/C6H2ClF2NO2.C6H4ClF2N/c7-3-1-5(9)6(10(11)12)2-4(3)8;7-3-1-5(9)6(10)2-4(3)8/h1-2H;1-2H,10H2. The van der Waals surface area contributed by atoms with Gasteiger partial charge in [0.15, 0.2) is 0 Å². The Kier molecular flexibility index (Phi) is 5.95. The Bertz CT molecular complexity index is 679. The third-order valence-electron chi connectivity index (χ3n) is 2.23. The van der Waals surface area contributed by atoms with Gasteiger partial charge in [0.25, 0.3) is 0 Å². The lowest BCUT2D eigenvalue weighted by Gasteiger charge is -1.96. The molecule has 0 saturated heterocycles. The van der Waals surface area contributed by atoms with Crippen molar-refractivity contribution in [2.45, 2.75) is 0 Å². The molecule has 10 heteroatoms. The van der Waals surface area contributed by atoms with Crippen LogP contribution in [0.25, 0.3) is 0 Å². The van der Waals surface area contributed by atoms with Crippen molar-refractivity contribution in [3.05, 3.63) is 67.7 Å². The van der Waals surface area contributed by atoms with Crippen LogP contribution < -0.4 is 5.73 Å². The molecule has 0 aliphatic rings. The van der Waals surface area contributed by atoms with Gasteiger partial charge in [-0.2, -0.15) is 4.39 Å². The summed E-state index contributed by atoms with van der Waals surface area (Å²) in [4.78, 5) is 9.02. The number of nitro benzene ring substituents is 1. The second-order valence-electron chi connectivity index (χ2n) is 3.76. The van der Waals surface area contributed by atoms with Gasteiger partial charge in [-0.15, -0.1) is 0 Å². The van der Waals surface area contributed by atoms with E-state index in [1.54, 1.807) is 0 Å². The van der Waals surface area contributed by atoms with Crippen LogP contribution in [0.4, 0.5) is 28.9 Å². The van der Waals surface area contributed by atoms with Gasteiger partial charge >= 0.3 is 5.69 Å². The van der Waals surface area contributed by atoms with Crippen LogP contribution in [-0.4, -0.2) is 4.92 Å². The zero-order valence-corrected chi connectivity index (χ0v) is 11.9. The molecule has 0 aromatic heterocycles. The minimum Gasteiger partial charge on any atom is -0.396 e. The third-order valence-corrected chi connectivity index (χ3v) is 2.81. The Morgan fingerprint density at radius 1 is 0.864 bits per heavy atom. The number of hydrogen-bond acceptors (Lipinski definition) is 3. The third kappa shape index (κ3) is 4.47. The molecule has 0 aliphatic heterocycles. The van der Waals surface area contributed by atoms with Gasteiger partial charge in [0.2, 0.25) is 5.82 Å². The lowest BCUT2D eigenvalue weighted by Crippen LogP contribution is -1.93. The molecule has 0 bridgehead atoms. The van der Waals surface area contributed by atoms with Gasteiger partial charge in [0.1, 0.15) is 17.5 Å². The van der Waals surface area contributed by atoms with Gasteiger partial charge in [-0.3, -0.25) is 10.1 Å². The summed E-state index contributed by atoms with van der Waals surface area (Å²) in [6.07, 6.45) is 0. The highest BCUT2D eigenvalue weighted by molar-refractivity contribution is 6.31. The number of nitrogen functional groups attached to an aromatic ring is 1. The van der Waals surface area contributed by atoms with E-state index < -0.39 is 38.9 Å². The molecular weight excluding hydrogens is 351 g/mol. The maximum absolute atomic E-state index is 12.6. The average molecular weight is 357 g/mol. The molecule has 22 heavy (non-hydrogen) atoms. The first kappa shape index (κ1) is 18.0. The van der Waals surface area contributed by atoms with Crippen LogP contribution in [-0.2, 0) is 0 Å². The van der Waals surface area contributed by atoms with Gasteiger partial charge in [-0.1, -0.05) is 23.2 Å². The molecule has 0 spiro atoms. The van der Waals surface area contributed by atoms with Crippen molar-refractivity contribution >= 4 is 34.6 Å². The summed E-state index contributed by atoms with van der Waals surface area (Å²) >= 11 is 10.4. The van der Waals surface area contributed by atoms with Crippen molar-refractivity contribution in [1.29, 1.82) is 0 Å². The highest BCUT2D eigenvalue weighted by atomic mass is 35.5. The van der Waals surface area contributed by atoms with Crippen LogP contribution in [0.2, 0.25) is 10.0 Å². The first-order valence-corrected chi connectivity index (χ1v) is 6.08. The molecule has 0 aliphatic carbocycles. The molecule has 118 valence electrons. The summed E-state index contributed by atoms with van der Waals surface area (Å²) in [7, 11) is 0. The van der Waals surface area contributed by atoms with Crippen molar-refractivity contribution in [2.24, 2.45) is 0 Å². The maximum atomic E-state index is 12.6. The number of halogens is 6. The topological polar surface area (TPSA) is 69.2 Å². The van der Waals surface area contributed by atoms with Crippen molar-refractivity contribution in [2.75, 3.05) is 5.73 Å². The summed E-state index contributed by atoms with van der Waals surface area (Å²) in [5.41, 5.74) is 3.86. The SMILES string of the molecule is Nc1cc(F)c(Cl)cc1F.O=[N+]([O-])c1cc(F)c(Cl)cc1F. The lowest BCUT2D eigenvalue weighted by molar-refractivity contribution is -0.387. The van der Waals surface area contributed by atoms with E-state index >= 15 is 0 Å². The van der Waals surface area contributed by atoms with Crippen molar-refractivity contribution in [3.8, 4) is 0 Å². The zero-order valence-electron chi connectivity index (χ0n) is 10.4. The van der Waals surface area contributed by atoms with E-state index in [0.29, 0.717) is 12.1 Å². The largest absolute Gasteiger partial charge is 0.396 e. The maximum Gasteiger partial charge on any atom is 0.307 e. The molecule has 0 radical (unpaired) electrons. The summed E-state index contributed by atoms with van der Waals surface area (Å²) in [5.74, 6) is -3.57. The molecule has 4 nitrogen and oxygen atoms in total. The Morgan fingerprint density at radius 2 is 1.32 bits per heavy atom. The molecule has 0 fully saturated rings. The van der Waals surface area contributed by atoms with E-state index in [1.165, 1.54) is 0 Å². The second-order valence-corrected chi connectivity index (χ2v) is 4.58. The Morgan fingerprint density at radius 3 is 1.77 bits per heavy atom. The predicted octanol–water partition coefficient (Wildman–Crippen LogP) is 4.73. The zero-order chi connectivity index (χ0) is 17.0. The quantitative estimate of drug-likeness (QED) is 0.264. The molecule has 2 rings (SSSR count). The number of hydrogen-bond donors (Lipinski definition) is 1. The van der Waals surface area contributed by atoms with Crippen LogP contribution >= 0.6 is 23.2 Å². The van der Waals surface area contributed by atoms with Crippen LogP contribution in [0.5, 0.6) is 0 Å². The number of nitrogens with two attached hydrogens (primary N) is 1. The lowest BCUT2D eigenvalue weighted by atomic mass is 10.3. The van der Waals surface area contributed by atoms with E-state index in [4.69, 9.17) is 28.9 Å². The van der Waals surface area contributed by atoms with Crippen molar-refractivity contribution < 1.29 is 22.5 Å². The first-order chi connectivity index (χ1) is 10.1. The fraction of sp³-hybridized carbons (Fsp3) is 0. The Balaban J connectivity index is 0.000000224. The number of nitrogens with zero attached hydrogens (tertiary/aromatic N) is 1. The summed E-state index contributed by atoms with van der Waals surface area (Å²) < 4.78 is 49.9. The minimum absolute atomic E-state index is 0.234. The Labute approximate surface area is 131 Å². The van der Waals surface area contributed by atoms with E-state index in [9.17, 15) is 27.7 Å². The fourth-order valence-corrected chi connectivity index (χ4v) is 1.49. The van der Waals surface area contributed by atoms with Gasteiger partial charge in [0, 0.05) is 12.1 Å². The molecule has 2 N–H and O–H groups in total. The summed E-state index contributed by atoms with van der Waals surface area (Å²) in [6, 6.07) is 2.69. The molecule has 0 unspecified atom stereocenters. The average Bonchev–Trinajstić information content (AvgIpc) is 2.41. The van der Waals surface area contributed by atoms with Crippen LogP contribution in [0, 0.1) is 33.4 Å². The molecule has 0 heterocycles. The van der Waals surface area contributed by atoms with Gasteiger partial charge < -0.3 is 5.73 Å². The molecule has 0 amide bonds. The van der Waals surface area contributed by atoms with E-state index in [0.717, 1.165) is 12.1 Å².